The second-order valence-corrected chi connectivity index (χ2v) is 8.12. The molecule has 0 radical (unpaired) electrons. The van der Waals surface area contributed by atoms with E-state index < -0.39 is 0 Å². The van der Waals surface area contributed by atoms with Crippen LogP contribution in [-0.2, 0) is 17.8 Å². The Bertz CT molecular complexity index is 933. The molecule has 5 heteroatoms. The maximum Gasteiger partial charge on any atom is 0.141 e. The third kappa shape index (κ3) is 4.26. The Hall–Kier alpha value is -1.69. The molecule has 3 nitrogen and oxygen atoms in total. The van der Waals surface area contributed by atoms with Gasteiger partial charge in [-0.05, 0) is 49.1 Å². The Labute approximate surface area is 167 Å². The van der Waals surface area contributed by atoms with E-state index in [0.717, 1.165) is 42.6 Å². The number of nitrogens with zero attached hydrogens (tertiary/aromatic N) is 1. The second-order valence-electron chi connectivity index (χ2n) is 7.27. The molecule has 0 spiro atoms. The summed E-state index contributed by atoms with van der Waals surface area (Å²) in [7, 11) is 0. The Kier molecular flexibility index (Phi) is 5.62. The highest BCUT2D eigenvalue weighted by atomic mass is 79.9. The van der Waals surface area contributed by atoms with Crippen LogP contribution < -0.4 is 0 Å². The molecule has 0 N–H and O–H groups in total. The molecule has 4 rings (SSSR count). The molecule has 0 bridgehead atoms. The molecular formula is C22H23BrFNO2. The van der Waals surface area contributed by atoms with Gasteiger partial charge in [-0.3, -0.25) is 4.90 Å². The maximum atomic E-state index is 14.0. The summed E-state index contributed by atoms with van der Waals surface area (Å²) in [5.41, 5.74) is 4.09. The maximum absolute atomic E-state index is 14.0. The van der Waals surface area contributed by atoms with Crippen LogP contribution in [0.4, 0.5) is 4.39 Å². The molecule has 3 aromatic rings. The molecule has 0 aliphatic carbocycles. The van der Waals surface area contributed by atoms with Crippen LogP contribution >= 0.6 is 15.9 Å². The van der Waals surface area contributed by atoms with Gasteiger partial charge >= 0.3 is 0 Å². The first-order valence-electron chi connectivity index (χ1n) is 9.34. The van der Waals surface area contributed by atoms with Crippen molar-refractivity contribution in [2.24, 2.45) is 0 Å². The van der Waals surface area contributed by atoms with Crippen molar-refractivity contribution in [3.8, 4) is 0 Å². The average molecular weight is 432 g/mol. The first-order chi connectivity index (χ1) is 13.1. The molecule has 1 fully saturated rings. The zero-order chi connectivity index (χ0) is 18.8. The Morgan fingerprint density at radius 1 is 1.15 bits per heavy atom. The fourth-order valence-corrected chi connectivity index (χ4v) is 4.35. The summed E-state index contributed by atoms with van der Waals surface area (Å²) in [5.74, 6) is -0.241. The van der Waals surface area contributed by atoms with Gasteiger partial charge in [-0.15, -0.1) is 0 Å². The van der Waals surface area contributed by atoms with Gasteiger partial charge in [0.2, 0.25) is 0 Å². The van der Waals surface area contributed by atoms with Gasteiger partial charge in [-0.2, -0.15) is 0 Å². The molecule has 1 unspecified atom stereocenters. The van der Waals surface area contributed by atoms with E-state index in [2.05, 4.69) is 46.0 Å². The second kappa shape index (κ2) is 8.13. The molecule has 27 heavy (non-hydrogen) atoms. The first-order valence-corrected chi connectivity index (χ1v) is 10.1. The summed E-state index contributed by atoms with van der Waals surface area (Å²) in [6.07, 6.45) is 4.01. The summed E-state index contributed by atoms with van der Waals surface area (Å²) in [6.45, 7) is 5.25. The van der Waals surface area contributed by atoms with Crippen molar-refractivity contribution in [3.63, 3.8) is 0 Å². The summed E-state index contributed by atoms with van der Waals surface area (Å²) < 4.78 is 26.6. The third-order valence-corrected chi connectivity index (χ3v) is 5.87. The SMILES string of the molecule is Cc1ccc(CN(Cc2ccc(F)c3ccoc23)CC2CCCO2)c(Br)c1. The van der Waals surface area contributed by atoms with Gasteiger partial charge < -0.3 is 9.15 Å². The lowest BCUT2D eigenvalue weighted by atomic mass is 10.1. The van der Waals surface area contributed by atoms with Crippen LogP contribution in [-0.4, -0.2) is 24.2 Å². The minimum absolute atomic E-state index is 0.241. The first kappa shape index (κ1) is 18.7. The van der Waals surface area contributed by atoms with Gasteiger partial charge in [0.25, 0.3) is 0 Å². The van der Waals surface area contributed by atoms with Crippen molar-refractivity contribution < 1.29 is 13.5 Å². The summed E-state index contributed by atoms with van der Waals surface area (Å²) >= 11 is 3.69. The van der Waals surface area contributed by atoms with Gasteiger partial charge in [0.05, 0.1) is 17.8 Å². The van der Waals surface area contributed by atoms with Gasteiger partial charge in [-0.25, -0.2) is 4.39 Å². The number of halogens is 2. The fourth-order valence-electron chi connectivity index (χ4n) is 3.73. The van der Waals surface area contributed by atoms with Crippen molar-refractivity contribution in [2.45, 2.75) is 39.0 Å². The third-order valence-electron chi connectivity index (χ3n) is 5.13. The van der Waals surface area contributed by atoms with E-state index >= 15 is 0 Å². The number of hydrogen-bond donors (Lipinski definition) is 0. The minimum Gasteiger partial charge on any atom is -0.464 e. The lowest BCUT2D eigenvalue weighted by molar-refractivity contribution is 0.0679. The molecule has 2 heterocycles. The van der Waals surface area contributed by atoms with Crippen molar-refractivity contribution in [1.29, 1.82) is 0 Å². The minimum atomic E-state index is -0.241. The quantitative estimate of drug-likeness (QED) is 0.491. The van der Waals surface area contributed by atoms with E-state index in [9.17, 15) is 4.39 Å². The van der Waals surface area contributed by atoms with Gasteiger partial charge in [0.15, 0.2) is 0 Å². The smallest absolute Gasteiger partial charge is 0.141 e. The number of aryl methyl sites for hydroxylation is 1. The number of furan rings is 1. The van der Waals surface area contributed by atoms with Crippen LogP contribution in [0.2, 0.25) is 0 Å². The van der Waals surface area contributed by atoms with Crippen molar-refractivity contribution in [2.75, 3.05) is 13.2 Å². The van der Waals surface area contributed by atoms with E-state index in [1.54, 1.807) is 12.3 Å². The van der Waals surface area contributed by atoms with Crippen LogP contribution in [0.5, 0.6) is 0 Å². The average Bonchev–Trinajstić information content (AvgIpc) is 3.32. The number of fused-ring (bicyclic) bond motifs is 1. The van der Waals surface area contributed by atoms with E-state index in [0.29, 0.717) is 17.5 Å². The standard InChI is InChI=1S/C22H23BrFNO2/c1-15-4-5-16(20(23)11-15)12-25(14-18-3-2-9-26-18)13-17-6-7-21(24)19-8-10-27-22(17)19/h4-8,10-11,18H,2-3,9,12-14H2,1H3. The number of benzene rings is 2. The van der Waals surface area contributed by atoms with Crippen molar-refractivity contribution in [1.82, 2.24) is 4.90 Å². The zero-order valence-electron chi connectivity index (χ0n) is 15.4. The van der Waals surface area contributed by atoms with Crippen LogP contribution in [0.25, 0.3) is 11.0 Å². The van der Waals surface area contributed by atoms with Crippen LogP contribution in [0, 0.1) is 12.7 Å². The van der Waals surface area contributed by atoms with E-state index in [1.807, 2.05) is 6.07 Å². The molecular weight excluding hydrogens is 409 g/mol. The number of hydrogen-bond acceptors (Lipinski definition) is 3. The normalized spacial score (nSPS) is 17.3. The number of rotatable bonds is 6. The Morgan fingerprint density at radius 3 is 2.74 bits per heavy atom. The molecule has 142 valence electrons. The molecule has 1 saturated heterocycles. The monoisotopic (exact) mass is 431 g/mol. The van der Waals surface area contributed by atoms with E-state index in [4.69, 9.17) is 9.15 Å². The van der Waals surface area contributed by atoms with Crippen molar-refractivity contribution >= 4 is 26.9 Å². The topological polar surface area (TPSA) is 25.6 Å². The van der Waals surface area contributed by atoms with Gasteiger partial charge in [0.1, 0.15) is 11.4 Å². The molecule has 0 amide bonds. The highest BCUT2D eigenvalue weighted by Crippen LogP contribution is 2.27. The lowest BCUT2D eigenvalue weighted by Crippen LogP contribution is -2.31. The zero-order valence-corrected chi connectivity index (χ0v) is 17.0. The Morgan fingerprint density at radius 2 is 1.96 bits per heavy atom. The summed E-state index contributed by atoms with van der Waals surface area (Å²) in [5, 5.41) is 0.543. The Balaban J connectivity index is 1.60. The van der Waals surface area contributed by atoms with Gasteiger partial charge in [-0.1, -0.05) is 34.1 Å². The predicted octanol–water partition coefficient (Wildman–Crippen LogP) is 5.82. The highest BCUT2D eigenvalue weighted by molar-refractivity contribution is 9.10. The van der Waals surface area contributed by atoms with Crippen molar-refractivity contribution in [3.05, 3.63) is 69.6 Å². The predicted molar refractivity (Wildman–Crippen MR) is 108 cm³/mol. The van der Waals surface area contributed by atoms with Crippen LogP contribution in [0.3, 0.4) is 0 Å². The molecule has 2 aromatic carbocycles. The fraction of sp³-hybridized carbons (Fsp3) is 0.364. The van der Waals surface area contributed by atoms with E-state index in [1.165, 1.54) is 17.2 Å². The lowest BCUT2D eigenvalue weighted by Gasteiger charge is -2.26. The highest BCUT2D eigenvalue weighted by Gasteiger charge is 2.21. The summed E-state index contributed by atoms with van der Waals surface area (Å²) in [6, 6.07) is 11.5. The van der Waals surface area contributed by atoms with Crippen LogP contribution in [0.15, 0.2) is 51.6 Å². The van der Waals surface area contributed by atoms with Crippen LogP contribution in [0.1, 0.15) is 29.5 Å². The largest absolute Gasteiger partial charge is 0.464 e. The van der Waals surface area contributed by atoms with Gasteiger partial charge in [0, 0.05) is 36.3 Å². The van der Waals surface area contributed by atoms with E-state index in [-0.39, 0.29) is 11.9 Å². The molecule has 1 aliphatic heterocycles. The molecule has 1 aromatic heterocycles. The molecule has 1 atom stereocenters. The summed E-state index contributed by atoms with van der Waals surface area (Å²) in [4.78, 5) is 2.36. The molecule has 0 saturated carbocycles. The number of ether oxygens (including phenoxy) is 1. The molecule has 1 aliphatic rings.